The summed E-state index contributed by atoms with van der Waals surface area (Å²) in [5, 5.41) is 1.14. The van der Waals surface area contributed by atoms with Gasteiger partial charge in [-0.05, 0) is 17.7 Å². The Kier molecular flexibility index (Phi) is 8.43. The van der Waals surface area contributed by atoms with Crippen LogP contribution in [0.2, 0.25) is 0 Å². The molecular formula is C18H27NO5. The van der Waals surface area contributed by atoms with Crippen molar-refractivity contribution >= 4 is 11.7 Å². The standard InChI is InChI=1S/C18H27NO5/c1-13(2)16(20)11-14-7-8-15(18(21)19(3)23-5)17(12-14)24-10-6-9-22-4/h7-8,12-13H,6,9-11H2,1-5H3. The van der Waals surface area contributed by atoms with Crippen molar-refractivity contribution in [2.45, 2.75) is 26.7 Å². The number of methoxy groups -OCH3 is 1. The second-order valence-corrected chi connectivity index (χ2v) is 5.81. The van der Waals surface area contributed by atoms with Gasteiger partial charge < -0.3 is 9.47 Å². The number of ketones is 1. The highest BCUT2D eigenvalue weighted by Crippen LogP contribution is 2.23. The van der Waals surface area contributed by atoms with Crippen LogP contribution in [0.4, 0.5) is 0 Å². The number of nitrogens with zero attached hydrogens (tertiary/aromatic N) is 1. The zero-order valence-electron chi connectivity index (χ0n) is 15.1. The molecule has 134 valence electrons. The molecule has 0 aliphatic carbocycles. The molecule has 1 rings (SSSR count). The first-order chi connectivity index (χ1) is 11.4. The third kappa shape index (κ3) is 5.94. The molecule has 0 spiro atoms. The van der Waals surface area contributed by atoms with E-state index in [1.807, 2.05) is 13.8 Å². The topological polar surface area (TPSA) is 65.1 Å². The van der Waals surface area contributed by atoms with Gasteiger partial charge in [0.2, 0.25) is 0 Å². The molecule has 0 unspecified atom stereocenters. The molecule has 1 aromatic carbocycles. The van der Waals surface area contributed by atoms with Crippen LogP contribution in [0.1, 0.15) is 36.2 Å². The van der Waals surface area contributed by atoms with Crippen LogP contribution in [0.25, 0.3) is 0 Å². The number of Topliss-reactive ketones (excluding diaryl/α,β-unsaturated/α-hetero) is 1. The number of hydrogen-bond acceptors (Lipinski definition) is 5. The second-order valence-electron chi connectivity index (χ2n) is 5.81. The molecule has 0 fully saturated rings. The maximum Gasteiger partial charge on any atom is 0.280 e. The number of benzene rings is 1. The molecule has 0 bridgehead atoms. The fourth-order valence-corrected chi connectivity index (χ4v) is 2.02. The predicted octanol–water partition coefficient (Wildman–Crippen LogP) is 2.50. The molecule has 0 radical (unpaired) electrons. The molecule has 0 aliphatic heterocycles. The van der Waals surface area contributed by atoms with Crippen LogP contribution in [0, 0.1) is 5.92 Å². The summed E-state index contributed by atoms with van der Waals surface area (Å²) in [7, 11) is 4.58. The molecule has 1 aromatic rings. The maximum atomic E-state index is 12.4. The Labute approximate surface area is 143 Å². The lowest BCUT2D eigenvalue weighted by atomic mass is 9.99. The highest BCUT2D eigenvalue weighted by Gasteiger charge is 2.18. The van der Waals surface area contributed by atoms with Crippen LogP contribution < -0.4 is 4.74 Å². The molecule has 0 aliphatic rings. The molecule has 0 heterocycles. The van der Waals surface area contributed by atoms with Crippen LogP contribution >= 0.6 is 0 Å². The van der Waals surface area contributed by atoms with Crippen LogP contribution in [-0.2, 0) is 20.8 Å². The minimum atomic E-state index is -0.305. The van der Waals surface area contributed by atoms with E-state index in [2.05, 4.69) is 0 Å². The van der Waals surface area contributed by atoms with E-state index in [-0.39, 0.29) is 17.6 Å². The Hall–Kier alpha value is -1.92. The summed E-state index contributed by atoms with van der Waals surface area (Å²) < 4.78 is 10.7. The molecule has 6 heteroatoms. The van der Waals surface area contributed by atoms with Gasteiger partial charge in [0.15, 0.2) is 0 Å². The van der Waals surface area contributed by atoms with Crippen molar-refractivity contribution in [1.82, 2.24) is 5.06 Å². The average Bonchev–Trinajstić information content (AvgIpc) is 2.57. The molecule has 1 amide bonds. The summed E-state index contributed by atoms with van der Waals surface area (Å²) in [6, 6.07) is 5.20. The normalized spacial score (nSPS) is 10.8. The Morgan fingerprint density at radius 1 is 1.17 bits per heavy atom. The number of hydrogen-bond donors (Lipinski definition) is 0. The molecule has 6 nitrogen and oxygen atoms in total. The Morgan fingerprint density at radius 3 is 2.46 bits per heavy atom. The maximum absolute atomic E-state index is 12.4. The number of hydroxylamine groups is 2. The Balaban J connectivity index is 3.00. The smallest absolute Gasteiger partial charge is 0.280 e. The number of ether oxygens (including phenoxy) is 2. The van der Waals surface area contributed by atoms with Crippen molar-refractivity contribution in [3.05, 3.63) is 29.3 Å². The van der Waals surface area contributed by atoms with Crippen molar-refractivity contribution in [2.75, 3.05) is 34.5 Å². The van der Waals surface area contributed by atoms with E-state index in [4.69, 9.17) is 14.3 Å². The summed E-state index contributed by atoms with van der Waals surface area (Å²) in [6.45, 7) is 4.74. The SMILES string of the molecule is COCCCOc1cc(CC(=O)C(C)C)ccc1C(=O)N(C)OC. The fourth-order valence-electron chi connectivity index (χ4n) is 2.02. The van der Waals surface area contributed by atoms with Crippen molar-refractivity contribution in [2.24, 2.45) is 5.92 Å². The van der Waals surface area contributed by atoms with Gasteiger partial charge in [0, 0.05) is 39.5 Å². The number of carbonyl (C=O) groups excluding carboxylic acids is 2. The Morgan fingerprint density at radius 2 is 1.88 bits per heavy atom. The van der Waals surface area contributed by atoms with Gasteiger partial charge in [-0.15, -0.1) is 0 Å². The number of rotatable bonds is 10. The van der Waals surface area contributed by atoms with E-state index in [9.17, 15) is 9.59 Å². The predicted molar refractivity (Wildman–Crippen MR) is 91.1 cm³/mol. The van der Waals surface area contributed by atoms with E-state index < -0.39 is 0 Å². The lowest BCUT2D eigenvalue weighted by Crippen LogP contribution is -2.26. The minimum absolute atomic E-state index is 0.0306. The third-order valence-electron chi connectivity index (χ3n) is 3.61. The zero-order valence-corrected chi connectivity index (χ0v) is 15.1. The quantitative estimate of drug-likeness (QED) is 0.485. The van der Waals surface area contributed by atoms with E-state index in [1.54, 1.807) is 25.3 Å². The highest BCUT2D eigenvalue weighted by atomic mass is 16.7. The van der Waals surface area contributed by atoms with E-state index >= 15 is 0 Å². The lowest BCUT2D eigenvalue weighted by molar-refractivity contribution is -0.121. The van der Waals surface area contributed by atoms with Crippen LogP contribution in [0.5, 0.6) is 5.75 Å². The highest BCUT2D eigenvalue weighted by molar-refractivity contribution is 5.96. The van der Waals surface area contributed by atoms with Crippen LogP contribution in [0.15, 0.2) is 18.2 Å². The van der Waals surface area contributed by atoms with E-state index in [0.29, 0.717) is 37.4 Å². The monoisotopic (exact) mass is 337 g/mol. The first kappa shape index (κ1) is 20.1. The van der Waals surface area contributed by atoms with Crippen molar-refractivity contribution in [1.29, 1.82) is 0 Å². The number of carbonyl (C=O) groups is 2. The van der Waals surface area contributed by atoms with Crippen molar-refractivity contribution in [3.8, 4) is 5.75 Å². The summed E-state index contributed by atoms with van der Waals surface area (Å²) in [4.78, 5) is 29.2. The summed E-state index contributed by atoms with van der Waals surface area (Å²) in [6.07, 6.45) is 1.03. The van der Waals surface area contributed by atoms with Crippen molar-refractivity contribution in [3.63, 3.8) is 0 Å². The minimum Gasteiger partial charge on any atom is -0.493 e. The van der Waals surface area contributed by atoms with Gasteiger partial charge in [0.25, 0.3) is 5.91 Å². The van der Waals surface area contributed by atoms with Gasteiger partial charge in [0.1, 0.15) is 11.5 Å². The first-order valence-electron chi connectivity index (χ1n) is 8.00. The van der Waals surface area contributed by atoms with Gasteiger partial charge in [-0.25, -0.2) is 5.06 Å². The molecule has 0 saturated carbocycles. The van der Waals surface area contributed by atoms with Crippen LogP contribution in [0.3, 0.4) is 0 Å². The molecule has 24 heavy (non-hydrogen) atoms. The third-order valence-corrected chi connectivity index (χ3v) is 3.61. The van der Waals surface area contributed by atoms with Gasteiger partial charge in [0.05, 0.1) is 19.3 Å². The molecule has 0 saturated heterocycles. The summed E-state index contributed by atoms with van der Waals surface area (Å²) >= 11 is 0. The number of amides is 1. The average molecular weight is 337 g/mol. The van der Waals surface area contributed by atoms with Crippen LogP contribution in [-0.4, -0.2) is 51.2 Å². The summed E-state index contributed by atoms with van der Waals surface area (Å²) in [5.74, 6) is 0.264. The van der Waals surface area contributed by atoms with E-state index in [1.165, 1.54) is 14.2 Å². The largest absolute Gasteiger partial charge is 0.493 e. The lowest BCUT2D eigenvalue weighted by Gasteiger charge is -2.17. The molecular weight excluding hydrogens is 310 g/mol. The molecule has 0 aromatic heterocycles. The summed E-state index contributed by atoms with van der Waals surface area (Å²) in [5.41, 5.74) is 1.23. The molecule has 0 atom stereocenters. The van der Waals surface area contributed by atoms with Gasteiger partial charge >= 0.3 is 0 Å². The second kappa shape index (κ2) is 10.1. The van der Waals surface area contributed by atoms with E-state index in [0.717, 1.165) is 10.6 Å². The molecule has 0 N–H and O–H groups in total. The van der Waals surface area contributed by atoms with Crippen molar-refractivity contribution < 1.29 is 23.9 Å². The Bertz CT molecular complexity index is 556. The first-order valence-corrected chi connectivity index (χ1v) is 8.00. The zero-order chi connectivity index (χ0) is 18.1. The van der Waals surface area contributed by atoms with Gasteiger partial charge in [-0.3, -0.25) is 14.4 Å². The fraction of sp³-hybridized carbons (Fsp3) is 0.556. The van der Waals surface area contributed by atoms with Gasteiger partial charge in [-0.2, -0.15) is 0 Å². The van der Waals surface area contributed by atoms with Gasteiger partial charge in [-0.1, -0.05) is 19.9 Å².